The Kier molecular flexibility index (Phi) is 4.54. The van der Waals surface area contributed by atoms with E-state index in [1.54, 1.807) is 0 Å². The summed E-state index contributed by atoms with van der Waals surface area (Å²) in [5.74, 6) is -0.445. The van der Waals surface area contributed by atoms with E-state index in [4.69, 9.17) is 0 Å². The highest BCUT2D eigenvalue weighted by Crippen LogP contribution is 2.16. The summed E-state index contributed by atoms with van der Waals surface area (Å²) >= 11 is 0. The van der Waals surface area contributed by atoms with Crippen molar-refractivity contribution in [2.24, 2.45) is 5.92 Å². The van der Waals surface area contributed by atoms with Crippen LogP contribution in [0.5, 0.6) is 0 Å². The number of carboxylic acids is 1. The first-order valence-corrected chi connectivity index (χ1v) is 5.71. The summed E-state index contributed by atoms with van der Waals surface area (Å²) in [6.45, 7) is 7.77. The lowest BCUT2D eigenvalue weighted by atomic mass is 9.97. The van der Waals surface area contributed by atoms with Gasteiger partial charge in [0.15, 0.2) is 0 Å². The third-order valence-electron chi connectivity index (χ3n) is 3.37. The summed E-state index contributed by atoms with van der Waals surface area (Å²) in [5.41, 5.74) is 0. The molecular weight excluding hydrogens is 192 g/mol. The Morgan fingerprint density at radius 1 is 1.33 bits per heavy atom. The lowest BCUT2D eigenvalue weighted by molar-refractivity contribution is -0.146. The van der Waals surface area contributed by atoms with E-state index < -0.39 is 5.97 Å². The van der Waals surface area contributed by atoms with Gasteiger partial charge in [0, 0.05) is 26.2 Å². The number of likely N-dealkylation sites (N-methyl/N-ethyl adjacent to an activating group) is 1. The van der Waals surface area contributed by atoms with E-state index in [1.165, 1.54) is 0 Å². The van der Waals surface area contributed by atoms with Crippen molar-refractivity contribution >= 4 is 5.97 Å². The molecule has 0 aliphatic carbocycles. The van der Waals surface area contributed by atoms with Gasteiger partial charge in [-0.1, -0.05) is 20.3 Å². The Morgan fingerprint density at radius 3 is 2.27 bits per heavy atom. The quantitative estimate of drug-likeness (QED) is 0.749. The van der Waals surface area contributed by atoms with E-state index in [2.05, 4.69) is 23.8 Å². The largest absolute Gasteiger partial charge is 0.480 e. The van der Waals surface area contributed by atoms with Crippen LogP contribution in [0, 0.1) is 5.92 Å². The van der Waals surface area contributed by atoms with E-state index in [0.717, 1.165) is 32.6 Å². The molecule has 0 aromatic carbocycles. The monoisotopic (exact) mass is 214 g/mol. The van der Waals surface area contributed by atoms with Crippen molar-refractivity contribution in [1.29, 1.82) is 0 Å². The van der Waals surface area contributed by atoms with Crippen molar-refractivity contribution in [3.63, 3.8) is 0 Å². The molecular formula is C11H22N2O2. The van der Waals surface area contributed by atoms with Gasteiger partial charge in [-0.15, -0.1) is 0 Å². The van der Waals surface area contributed by atoms with Crippen LogP contribution in [0.3, 0.4) is 0 Å². The van der Waals surface area contributed by atoms with Crippen molar-refractivity contribution in [1.82, 2.24) is 9.80 Å². The Hall–Kier alpha value is -0.610. The van der Waals surface area contributed by atoms with Gasteiger partial charge in [0.25, 0.3) is 0 Å². The molecule has 15 heavy (non-hydrogen) atoms. The van der Waals surface area contributed by atoms with Crippen molar-refractivity contribution < 1.29 is 9.90 Å². The van der Waals surface area contributed by atoms with Crippen LogP contribution >= 0.6 is 0 Å². The highest BCUT2D eigenvalue weighted by Gasteiger charge is 2.31. The first-order chi connectivity index (χ1) is 7.06. The molecule has 1 fully saturated rings. The number of carboxylic acid groups (broad SMARTS) is 1. The second kappa shape index (κ2) is 5.47. The maximum atomic E-state index is 11.2. The zero-order valence-electron chi connectivity index (χ0n) is 9.94. The van der Waals surface area contributed by atoms with Gasteiger partial charge in [0.1, 0.15) is 6.04 Å². The Morgan fingerprint density at radius 2 is 1.87 bits per heavy atom. The van der Waals surface area contributed by atoms with Gasteiger partial charge in [-0.25, -0.2) is 0 Å². The molecule has 4 nitrogen and oxygen atoms in total. The van der Waals surface area contributed by atoms with Gasteiger partial charge in [-0.2, -0.15) is 0 Å². The molecule has 1 saturated heterocycles. The number of carbonyl (C=O) groups is 1. The van der Waals surface area contributed by atoms with Crippen LogP contribution in [0.1, 0.15) is 20.3 Å². The summed E-state index contributed by atoms with van der Waals surface area (Å²) in [4.78, 5) is 15.6. The highest BCUT2D eigenvalue weighted by molar-refractivity contribution is 5.73. The SMILES string of the molecule is CCC(C)C(C(=O)O)N1CCN(C)CC1. The fourth-order valence-electron chi connectivity index (χ4n) is 2.08. The fraction of sp³-hybridized carbons (Fsp3) is 0.909. The number of nitrogens with zero attached hydrogens (tertiary/aromatic N) is 2. The zero-order valence-corrected chi connectivity index (χ0v) is 9.94. The van der Waals surface area contributed by atoms with Crippen LogP contribution in [-0.2, 0) is 4.79 Å². The van der Waals surface area contributed by atoms with Crippen molar-refractivity contribution in [3.8, 4) is 0 Å². The predicted octanol–water partition coefficient (Wildman–Crippen LogP) is 0.733. The number of hydrogen-bond donors (Lipinski definition) is 1. The van der Waals surface area contributed by atoms with E-state index in [9.17, 15) is 9.90 Å². The Bertz CT molecular complexity index is 213. The van der Waals surface area contributed by atoms with Gasteiger partial charge < -0.3 is 10.0 Å². The minimum Gasteiger partial charge on any atom is -0.480 e. The maximum absolute atomic E-state index is 11.2. The molecule has 1 aliphatic rings. The van der Waals surface area contributed by atoms with E-state index >= 15 is 0 Å². The minimum atomic E-state index is -0.672. The average molecular weight is 214 g/mol. The summed E-state index contributed by atoms with van der Waals surface area (Å²) < 4.78 is 0. The Labute approximate surface area is 91.9 Å². The molecule has 0 radical (unpaired) electrons. The summed E-state index contributed by atoms with van der Waals surface area (Å²) in [5, 5.41) is 9.24. The van der Waals surface area contributed by atoms with E-state index in [0.29, 0.717) is 0 Å². The van der Waals surface area contributed by atoms with Gasteiger partial charge in [-0.05, 0) is 13.0 Å². The molecule has 2 atom stereocenters. The summed E-state index contributed by atoms with van der Waals surface area (Å²) in [7, 11) is 2.08. The molecule has 0 spiro atoms. The third kappa shape index (κ3) is 3.18. The second-order valence-electron chi connectivity index (χ2n) is 4.51. The van der Waals surface area contributed by atoms with E-state index in [1.807, 2.05) is 6.92 Å². The molecule has 1 rings (SSSR count). The lowest BCUT2D eigenvalue weighted by Crippen LogP contribution is -2.53. The van der Waals surface area contributed by atoms with E-state index in [-0.39, 0.29) is 12.0 Å². The molecule has 4 heteroatoms. The molecule has 88 valence electrons. The van der Waals surface area contributed by atoms with Gasteiger partial charge in [0.05, 0.1) is 0 Å². The van der Waals surface area contributed by atoms with Crippen LogP contribution in [0.2, 0.25) is 0 Å². The predicted molar refractivity (Wildman–Crippen MR) is 59.9 cm³/mol. The second-order valence-corrected chi connectivity index (χ2v) is 4.51. The van der Waals surface area contributed by atoms with Gasteiger partial charge >= 0.3 is 5.97 Å². The van der Waals surface area contributed by atoms with Crippen LogP contribution in [-0.4, -0.2) is 60.1 Å². The molecule has 0 aromatic heterocycles. The molecule has 0 aromatic rings. The molecule has 0 bridgehead atoms. The molecule has 1 aliphatic heterocycles. The lowest BCUT2D eigenvalue weighted by Gasteiger charge is -2.38. The minimum absolute atomic E-state index is 0.228. The van der Waals surface area contributed by atoms with Gasteiger partial charge in [-0.3, -0.25) is 9.69 Å². The number of piperazine rings is 1. The summed E-state index contributed by atoms with van der Waals surface area (Å²) in [6, 6.07) is -0.302. The van der Waals surface area contributed by atoms with Crippen molar-refractivity contribution in [2.45, 2.75) is 26.3 Å². The third-order valence-corrected chi connectivity index (χ3v) is 3.37. The fourth-order valence-corrected chi connectivity index (χ4v) is 2.08. The van der Waals surface area contributed by atoms with Crippen LogP contribution in [0.25, 0.3) is 0 Å². The normalized spacial score (nSPS) is 23.7. The van der Waals surface area contributed by atoms with Gasteiger partial charge in [0.2, 0.25) is 0 Å². The number of aliphatic carboxylic acids is 1. The number of hydrogen-bond acceptors (Lipinski definition) is 3. The van der Waals surface area contributed by atoms with Crippen molar-refractivity contribution in [2.75, 3.05) is 33.2 Å². The standard InChI is InChI=1S/C11H22N2O2/c1-4-9(2)10(11(14)15)13-7-5-12(3)6-8-13/h9-10H,4-8H2,1-3H3,(H,14,15). The summed E-state index contributed by atoms with van der Waals surface area (Å²) in [6.07, 6.45) is 0.920. The van der Waals surface area contributed by atoms with Crippen LogP contribution < -0.4 is 0 Å². The van der Waals surface area contributed by atoms with Crippen molar-refractivity contribution in [3.05, 3.63) is 0 Å². The number of rotatable bonds is 4. The topological polar surface area (TPSA) is 43.8 Å². The highest BCUT2D eigenvalue weighted by atomic mass is 16.4. The first kappa shape index (κ1) is 12.5. The smallest absolute Gasteiger partial charge is 0.321 e. The molecule has 0 amide bonds. The zero-order chi connectivity index (χ0) is 11.4. The molecule has 0 saturated carbocycles. The Balaban J connectivity index is 2.60. The molecule has 2 unspecified atom stereocenters. The maximum Gasteiger partial charge on any atom is 0.321 e. The van der Waals surface area contributed by atoms with Crippen LogP contribution in [0.4, 0.5) is 0 Å². The average Bonchev–Trinajstić information content (AvgIpc) is 2.20. The van der Waals surface area contributed by atoms with Crippen LogP contribution in [0.15, 0.2) is 0 Å². The molecule has 1 heterocycles. The first-order valence-electron chi connectivity index (χ1n) is 5.71. The molecule has 1 N–H and O–H groups in total.